The lowest BCUT2D eigenvalue weighted by atomic mass is 9.88. The molecular formula is C19H12F3N2O3-. The van der Waals surface area contributed by atoms with Crippen LogP contribution in [-0.2, 0) is 12.8 Å². The minimum atomic E-state index is -4.74. The van der Waals surface area contributed by atoms with Gasteiger partial charge in [0.05, 0.1) is 23.5 Å². The summed E-state index contributed by atoms with van der Waals surface area (Å²) in [6.07, 6.45) is -1.81. The van der Waals surface area contributed by atoms with E-state index in [4.69, 9.17) is 0 Å². The molecule has 0 unspecified atom stereocenters. The van der Waals surface area contributed by atoms with Crippen LogP contribution < -0.4 is 9.84 Å². The largest absolute Gasteiger partial charge is 0.573 e. The molecule has 0 saturated heterocycles. The number of hydrogen-bond donors (Lipinski definition) is 0. The molecule has 0 aliphatic heterocycles. The smallest absolute Gasteiger partial charge is 0.545 e. The molecule has 5 nitrogen and oxygen atoms in total. The molecule has 0 amide bonds. The summed E-state index contributed by atoms with van der Waals surface area (Å²) in [5.74, 6) is -1.52. The quantitative estimate of drug-likeness (QED) is 0.708. The lowest BCUT2D eigenvalue weighted by Crippen LogP contribution is -2.22. The van der Waals surface area contributed by atoms with Gasteiger partial charge in [0, 0.05) is 5.56 Å². The van der Waals surface area contributed by atoms with Crippen LogP contribution in [0.1, 0.15) is 21.6 Å². The fraction of sp³-hybridized carbons (Fsp3) is 0.158. The van der Waals surface area contributed by atoms with Crippen molar-refractivity contribution in [2.75, 3.05) is 0 Å². The van der Waals surface area contributed by atoms with Crippen molar-refractivity contribution in [1.82, 2.24) is 9.78 Å². The van der Waals surface area contributed by atoms with E-state index in [0.717, 1.165) is 22.4 Å². The standard InChI is InChI=1S/C19H13F3N2O3/c20-19(21,22)27-14-5-3-13(4-6-14)24-17-8-2-11-9-12(18(25)26)1-7-15(11)16(17)10-23-24/h1,3-7,9-10H,2,8H2,(H,25,26)/p-1. The molecule has 138 valence electrons. The van der Waals surface area contributed by atoms with Crippen LogP contribution in [0.5, 0.6) is 5.75 Å². The van der Waals surface area contributed by atoms with E-state index in [1.807, 2.05) is 0 Å². The van der Waals surface area contributed by atoms with E-state index in [0.29, 0.717) is 18.5 Å². The van der Waals surface area contributed by atoms with Gasteiger partial charge in [-0.3, -0.25) is 0 Å². The zero-order valence-electron chi connectivity index (χ0n) is 13.8. The van der Waals surface area contributed by atoms with E-state index < -0.39 is 12.3 Å². The number of hydrogen-bond acceptors (Lipinski definition) is 4. The fourth-order valence-electron chi connectivity index (χ4n) is 3.29. The Morgan fingerprint density at radius 2 is 1.81 bits per heavy atom. The van der Waals surface area contributed by atoms with Gasteiger partial charge in [0.25, 0.3) is 0 Å². The minimum Gasteiger partial charge on any atom is -0.545 e. The molecule has 0 radical (unpaired) electrons. The zero-order chi connectivity index (χ0) is 19.2. The van der Waals surface area contributed by atoms with E-state index in [1.54, 1.807) is 23.0 Å². The third-order valence-corrected chi connectivity index (χ3v) is 4.45. The number of aryl methyl sites for hydroxylation is 1. The molecule has 0 saturated carbocycles. The number of aromatic nitrogens is 2. The average Bonchev–Trinajstić information content (AvgIpc) is 3.05. The number of alkyl halides is 3. The number of halogens is 3. The summed E-state index contributed by atoms with van der Waals surface area (Å²) in [4.78, 5) is 11.0. The van der Waals surface area contributed by atoms with Crippen LogP contribution in [0.25, 0.3) is 16.8 Å². The van der Waals surface area contributed by atoms with Crippen LogP contribution in [0, 0.1) is 0 Å². The summed E-state index contributed by atoms with van der Waals surface area (Å²) in [6, 6.07) is 10.3. The molecule has 27 heavy (non-hydrogen) atoms. The first-order valence-corrected chi connectivity index (χ1v) is 8.09. The second-order valence-corrected chi connectivity index (χ2v) is 6.12. The molecule has 0 spiro atoms. The van der Waals surface area contributed by atoms with Crippen LogP contribution in [0.2, 0.25) is 0 Å². The second-order valence-electron chi connectivity index (χ2n) is 6.12. The fourth-order valence-corrected chi connectivity index (χ4v) is 3.29. The number of carbonyl (C=O) groups is 1. The number of aromatic carboxylic acids is 1. The monoisotopic (exact) mass is 373 g/mol. The average molecular weight is 373 g/mol. The van der Waals surface area contributed by atoms with Crippen molar-refractivity contribution in [2.45, 2.75) is 19.2 Å². The van der Waals surface area contributed by atoms with Gasteiger partial charge in [-0.15, -0.1) is 13.2 Å². The number of nitrogens with zero attached hydrogens (tertiary/aromatic N) is 2. The van der Waals surface area contributed by atoms with E-state index >= 15 is 0 Å². The number of carbonyl (C=O) groups excluding carboxylic acids is 1. The minimum absolute atomic E-state index is 0.129. The topological polar surface area (TPSA) is 67.2 Å². The van der Waals surface area contributed by atoms with Crippen molar-refractivity contribution in [2.24, 2.45) is 0 Å². The Bertz CT molecular complexity index is 1020. The Hall–Kier alpha value is -3.29. The first kappa shape index (κ1) is 17.1. The highest BCUT2D eigenvalue weighted by Gasteiger charge is 2.31. The van der Waals surface area contributed by atoms with Crippen LogP contribution >= 0.6 is 0 Å². The van der Waals surface area contributed by atoms with Crippen LogP contribution in [-0.4, -0.2) is 22.1 Å². The van der Waals surface area contributed by atoms with Crippen molar-refractivity contribution >= 4 is 5.97 Å². The van der Waals surface area contributed by atoms with Gasteiger partial charge in [-0.2, -0.15) is 5.10 Å². The summed E-state index contributed by atoms with van der Waals surface area (Å²) in [5.41, 5.74) is 4.32. The van der Waals surface area contributed by atoms with Crippen molar-refractivity contribution in [3.05, 3.63) is 65.5 Å². The summed E-state index contributed by atoms with van der Waals surface area (Å²) in [5, 5.41) is 15.4. The summed E-state index contributed by atoms with van der Waals surface area (Å²) in [7, 11) is 0. The third kappa shape index (κ3) is 3.25. The second kappa shape index (κ2) is 6.15. The van der Waals surface area contributed by atoms with E-state index in [-0.39, 0.29) is 11.3 Å². The Kier molecular flexibility index (Phi) is 3.91. The predicted molar refractivity (Wildman–Crippen MR) is 87.4 cm³/mol. The van der Waals surface area contributed by atoms with Gasteiger partial charge in [-0.25, -0.2) is 4.68 Å². The Morgan fingerprint density at radius 3 is 2.48 bits per heavy atom. The summed E-state index contributed by atoms with van der Waals surface area (Å²) >= 11 is 0. The first-order valence-electron chi connectivity index (χ1n) is 8.09. The van der Waals surface area contributed by atoms with Crippen molar-refractivity contribution in [3.8, 4) is 22.6 Å². The molecule has 0 atom stereocenters. The van der Waals surface area contributed by atoms with Gasteiger partial charge in [0.2, 0.25) is 0 Å². The molecular weight excluding hydrogens is 361 g/mol. The van der Waals surface area contributed by atoms with Crippen molar-refractivity contribution in [1.29, 1.82) is 0 Å². The van der Waals surface area contributed by atoms with E-state index in [9.17, 15) is 23.1 Å². The summed E-state index contributed by atoms with van der Waals surface area (Å²) in [6.45, 7) is 0. The molecule has 3 aromatic rings. The number of rotatable bonds is 3. The van der Waals surface area contributed by atoms with Gasteiger partial charge in [0.1, 0.15) is 5.75 Å². The third-order valence-electron chi connectivity index (χ3n) is 4.45. The van der Waals surface area contributed by atoms with Gasteiger partial charge in [-0.1, -0.05) is 12.1 Å². The predicted octanol–water partition coefficient (Wildman–Crippen LogP) is 2.90. The number of benzene rings is 2. The molecule has 1 aromatic heterocycles. The van der Waals surface area contributed by atoms with Gasteiger partial charge in [-0.05, 0) is 59.9 Å². The normalized spacial score (nSPS) is 13.0. The van der Waals surface area contributed by atoms with Crippen LogP contribution in [0.15, 0.2) is 48.7 Å². The molecule has 1 aliphatic carbocycles. The molecule has 1 heterocycles. The highest BCUT2D eigenvalue weighted by Crippen LogP contribution is 2.35. The lowest BCUT2D eigenvalue weighted by molar-refractivity contribution is -0.274. The van der Waals surface area contributed by atoms with Crippen LogP contribution in [0.3, 0.4) is 0 Å². The van der Waals surface area contributed by atoms with E-state index in [1.165, 1.54) is 30.3 Å². The van der Waals surface area contributed by atoms with Crippen molar-refractivity contribution in [3.63, 3.8) is 0 Å². The van der Waals surface area contributed by atoms with Gasteiger partial charge < -0.3 is 14.6 Å². The van der Waals surface area contributed by atoms with Crippen LogP contribution in [0.4, 0.5) is 13.2 Å². The Labute approximate surface area is 151 Å². The number of ether oxygens (including phenoxy) is 1. The Balaban J connectivity index is 1.68. The maximum atomic E-state index is 12.3. The molecule has 0 fully saturated rings. The summed E-state index contributed by atoms with van der Waals surface area (Å²) < 4.78 is 42.4. The molecule has 0 bridgehead atoms. The van der Waals surface area contributed by atoms with Gasteiger partial charge >= 0.3 is 6.36 Å². The molecule has 0 N–H and O–H groups in total. The highest BCUT2D eigenvalue weighted by atomic mass is 19.4. The molecule has 4 rings (SSSR count). The highest BCUT2D eigenvalue weighted by molar-refractivity contribution is 5.87. The van der Waals surface area contributed by atoms with E-state index in [2.05, 4.69) is 9.84 Å². The molecule has 1 aliphatic rings. The molecule has 8 heteroatoms. The number of carboxylic acid groups (broad SMARTS) is 1. The maximum absolute atomic E-state index is 12.3. The maximum Gasteiger partial charge on any atom is 0.573 e. The number of carboxylic acids is 1. The van der Waals surface area contributed by atoms with Crippen molar-refractivity contribution < 1.29 is 27.8 Å². The lowest BCUT2D eigenvalue weighted by Gasteiger charge is -2.19. The Morgan fingerprint density at radius 1 is 1.07 bits per heavy atom. The zero-order valence-corrected chi connectivity index (χ0v) is 13.8. The SMILES string of the molecule is O=C([O-])c1ccc2c(c1)CCc1c-2cnn1-c1ccc(OC(F)(F)F)cc1. The van der Waals surface area contributed by atoms with Gasteiger partial charge in [0.15, 0.2) is 0 Å². The first-order chi connectivity index (χ1) is 12.8. The number of fused-ring (bicyclic) bond motifs is 3. The molecule has 2 aromatic carbocycles.